The number of benzene rings is 1. The monoisotopic (exact) mass is 258 g/mol. The molecule has 0 radical (unpaired) electrons. The Labute approximate surface area is 116 Å². The lowest BCUT2D eigenvalue weighted by molar-refractivity contribution is 0.308. The first-order valence-electron chi connectivity index (χ1n) is 7.92. The maximum atomic E-state index is 6.00. The number of hydrogen-bond donors (Lipinski definition) is 2. The van der Waals surface area contributed by atoms with Gasteiger partial charge < -0.3 is 11.1 Å². The van der Waals surface area contributed by atoms with E-state index < -0.39 is 0 Å². The molecule has 1 atom stereocenters. The predicted molar refractivity (Wildman–Crippen MR) is 80.1 cm³/mol. The second kappa shape index (κ2) is 6.06. The molecule has 0 aromatic heterocycles. The van der Waals surface area contributed by atoms with Crippen molar-refractivity contribution in [2.45, 2.75) is 69.5 Å². The highest BCUT2D eigenvalue weighted by Crippen LogP contribution is 2.30. The molecule has 1 unspecified atom stereocenters. The van der Waals surface area contributed by atoms with E-state index in [2.05, 4.69) is 29.6 Å². The van der Waals surface area contributed by atoms with E-state index in [1.807, 2.05) is 0 Å². The zero-order valence-electron chi connectivity index (χ0n) is 11.8. The fraction of sp³-hybridized carbons (Fsp3) is 0.647. The van der Waals surface area contributed by atoms with Gasteiger partial charge in [-0.3, -0.25) is 0 Å². The molecule has 2 heteroatoms. The van der Waals surface area contributed by atoms with E-state index in [1.54, 1.807) is 11.1 Å². The van der Waals surface area contributed by atoms with Crippen molar-refractivity contribution in [2.24, 2.45) is 5.73 Å². The molecule has 1 aromatic carbocycles. The summed E-state index contributed by atoms with van der Waals surface area (Å²) in [4.78, 5) is 0. The summed E-state index contributed by atoms with van der Waals surface area (Å²) in [6.07, 6.45) is 10.1. The van der Waals surface area contributed by atoms with Crippen LogP contribution in [0, 0.1) is 0 Å². The summed E-state index contributed by atoms with van der Waals surface area (Å²) in [5.41, 5.74) is 9.11. The summed E-state index contributed by atoms with van der Waals surface area (Å²) in [7, 11) is 0. The molecule has 3 N–H and O–H groups in total. The first-order chi connectivity index (χ1) is 9.33. The third-order valence-corrected chi connectivity index (χ3v) is 4.83. The van der Waals surface area contributed by atoms with Gasteiger partial charge in [0.1, 0.15) is 0 Å². The van der Waals surface area contributed by atoms with E-state index in [4.69, 9.17) is 5.73 Å². The van der Waals surface area contributed by atoms with Crippen LogP contribution in [0.3, 0.4) is 0 Å². The molecule has 0 bridgehead atoms. The third-order valence-electron chi connectivity index (χ3n) is 4.83. The van der Waals surface area contributed by atoms with Crippen LogP contribution < -0.4 is 11.1 Å². The molecule has 0 heterocycles. The summed E-state index contributed by atoms with van der Waals surface area (Å²) in [6.45, 7) is 0. The molecule has 104 valence electrons. The smallest absolute Gasteiger partial charge is 0.0325 e. The second-order valence-electron chi connectivity index (χ2n) is 6.28. The van der Waals surface area contributed by atoms with Crippen LogP contribution in [0.25, 0.3) is 0 Å². The van der Waals surface area contributed by atoms with Crippen LogP contribution in [0.5, 0.6) is 0 Å². The van der Waals surface area contributed by atoms with E-state index >= 15 is 0 Å². The van der Waals surface area contributed by atoms with Gasteiger partial charge >= 0.3 is 0 Å². The Morgan fingerprint density at radius 1 is 0.947 bits per heavy atom. The summed E-state index contributed by atoms with van der Waals surface area (Å²) < 4.78 is 0. The van der Waals surface area contributed by atoms with Crippen LogP contribution in [0.2, 0.25) is 0 Å². The molecule has 0 aliphatic heterocycles. The van der Waals surface area contributed by atoms with Crippen LogP contribution >= 0.6 is 0 Å². The zero-order chi connectivity index (χ0) is 13.1. The number of hydrogen-bond acceptors (Lipinski definition) is 2. The number of rotatable bonds is 2. The summed E-state index contributed by atoms with van der Waals surface area (Å²) >= 11 is 0. The van der Waals surface area contributed by atoms with Gasteiger partial charge in [0.05, 0.1) is 0 Å². The van der Waals surface area contributed by atoms with Crippen molar-refractivity contribution >= 4 is 0 Å². The molecule has 3 rings (SSSR count). The minimum absolute atomic E-state index is 0.444. The number of fused-ring (bicyclic) bond motifs is 1. The van der Waals surface area contributed by atoms with Crippen molar-refractivity contribution in [3.05, 3.63) is 35.4 Å². The van der Waals surface area contributed by atoms with E-state index in [0.29, 0.717) is 18.1 Å². The summed E-state index contributed by atoms with van der Waals surface area (Å²) in [6, 6.07) is 10.7. The van der Waals surface area contributed by atoms with Gasteiger partial charge in [-0.2, -0.15) is 0 Å². The molecule has 2 nitrogen and oxygen atoms in total. The maximum Gasteiger partial charge on any atom is 0.0325 e. The molecular weight excluding hydrogens is 232 g/mol. The first-order valence-corrected chi connectivity index (χ1v) is 7.92. The van der Waals surface area contributed by atoms with Gasteiger partial charge in [-0.15, -0.1) is 0 Å². The highest BCUT2D eigenvalue weighted by Gasteiger charge is 2.24. The van der Waals surface area contributed by atoms with Crippen LogP contribution in [0.1, 0.15) is 62.1 Å². The average Bonchev–Trinajstić information content (AvgIpc) is 2.64. The highest BCUT2D eigenvalue weighted by atomic mass is 15.0. The van der Waals surface area contributed by atoms with E-state index in [1.165, 1.54) is 51.4 Å². The van der Waals surface area contributed by atoms with Crippen molar-refractivity contribution < 1.29 is 0 Å². The van der Waals surface area contributed by atoms with Crippen molar-refractivity contribution in [2.75, 3.05) is 0 Å². The quantitative estimate of drug-likeness (QED) is 0.799. The molecule has 1 fully saturated rings. The Morgan fingerprint density at radius 3 is 2.58 bits per heavy atom. The lowest BCUT2D eigenvalue weighted by Gasteiger charge is -2.31. The Balaban J connectivity index is 1.70. The lowest BCUT2D eigenvalue weighted by Crippen LogP contribution is -2.39. The molecule has 0 amide bonds. The number of nitrogens with one attached hydrogen (secondary N) is 1. The van der Waals surface area contributed by atoms with Gasteiger partial charge in [0.15, 0.2) is 0 Å². The van der Waals surface area contributed by atoms with Crippen molar-refractivity contribution in [1.29, 1.82) is 0 Å². The standard InChI is InChI=1S/C17H26N2/c18-14-9-11-15(12-10-14)19-17-8-4-2-6-13-5-1-3-7-16(13)17/h1,3,5,7,14-15,17,19H,2,4,6,8-12,18H2. The fourth-order valence-corrected chi connectivity index (χ4v) is 3.66. The lowest BCUT2D eigenvalue weighted by atomic mass is 9.90. The van der Waals surface area contributed by atoms with Crippen LogP contribution in [0.15, 0.2) is 24.3 Å². The van der Waals surface area contributed by atoms with E-state index in [0.717, 1.165) is 0 Å². The normalized spacial score (nSPS) is 31.5. The van der Waals surface area contributed by atoms with Gasteiger partial charge in [0, 0.05) is 18.1 Å². The number of aryl methyl sites for hydroxylation is 1. The molecule has 0 saturated heterocycles. The largest absolute Gasteiger partial charge is 0.328 e. The topological polar surface area (TPSA) is 38.0 Å². The van der Waals surface area contributed by atoms with Crippen molar-refractivity contribution in [1.82, 2.24) is 5.32 Å². The first kappa shape index (κ1) is 13.1. The van der Waals surface area contributed by atoms with Crippen LogP contribution in [0.4, 0.5) is 0 Å². The average molecular weight is 258 g/mol. The van der Waals surface area contributed by atoms with Gasteiger partial charge in [-0.05, 0) is 56.1 Å². The SMILES string of the molecule is NC1CCC(NC2CCCCc3ccccc32)CC1. The molecule has 0 spiro atoms. The minimum atomic E-state index is 0.444. The molecule has 1 saturated carbocycles. The maximum absolute atomic E-state index is 6.00. The molecule has 2 aliphatic carbocycles. The van der Waals surface area contributed by atoms with Crippen molar-refractivity contribution in [3.8, 4) is 0 Å². The third kappa shape index (κ3) is 3.18. The molecule has 19 heavy (non-hydrogen) atoms. The summed E-state index contributed by atoms with van der Waals surface area (Å²) in [5, 5.41) is 3.92. The van der Waals surface area contributed by atoms with Crippen LogP contribution in [-0.4, -0.2) is 12.1 Å². The molecule has 1 aromatic rings. The van der Waals surface area contributed by atoms with Crippen LogP contribution in [-0.2, 0) is 6.42 Å². The zero-order valence-corrected chi connectivity index (χ0v) is 11.8. The fourth-order valence-electron chi connectivity index (χ4n) is 3.66. The van der Waals surface area contributed by atoms with Crippen molar-refractivity contribution in [3.63, 3.8) is 0 Å². The minimum Gasteiger partial charge on any atom is -0.328 e. The predicted octanol–water partition coefficient (Wildman–Crippen LogP) is 3.31. The molecular formula is C17H26N2. The van der Waals surface area contributed by atoms with Gasteiger partial charge in [-0.1, -0.05) is 30.7 Å². The molecule has 2 aliphatic rings. The highest BCUT2D eigenvalue weighted by molar-refractivity contribution is 5.31. The number of nitrogens with two attached hydrogens (primary N) is 1. The Kier molecular flexibility index (Phi) is 4.19. The Morgan fingerprint density at radius 2 is 1.74 bits per heavy atom. The Bertz CT molecular complexity index is 407. The second-order valence-corrected chi connectivity index (χ2v) is 6.28. The Hall–Kier alpha value is -0.860. The van der Waals surface area contributed by atoms with Gasteiger partial charge in [-0.25, -0.2) is 0 Å². The van der Waals surface area contributed by atoms with Gasteiger partial charge in [0.2, 0.25) is 0 Å². The van der Waals surface area contributed by atoms with E-state index in [9.17, 15) is 0 Å². The van der Waals surface area contributed by atoms with Gasteiger partial charge in [0.25, 0.3) is 0 Å². The van der Waals surface area contributed by atoms with E-state index in [-0.39, 0.29) is 0 Å². The summed E-state index contributed by atoms with van der Waals surface area (Å²) in [5.74, 6) is 0.